The Kier molecular flexibility index (Phi) is 10.4. The third-order valence-electron chi connectivity index (χ3n) is 5.06. The highest BCUT2D eigenvalue weighted by molar-refractivity contribution is 9.10. The normalized spacial score (nSPS) is 12.7. The summed E-state index contributed by atoms with van der Waals surface area (Å²) in [5.74, 6) is 1.58. The molecule has 7 heteroatoms. The zero-order valence-corrected chi connectivity index (χ0v) is 21.0. The van der Waals surface area contributed by atoms with Gasteiger partial charge in [0.15, 0.2) is 0 Å². The molecule has 0 aliphatic heterocycles. The Bertz CT molecular complexity index is 860. The second-order valence-electron chi connectivity index (χ2n) is 7.49. The number of hydrogen-bond acceptors (Lipinski definition) is 4. The Labute approximate surface area is 198 Å². The van der Waals surface area contributed by atoms with Gasteiger partial charge in [0.1, 0.15) is 11.8 Å². The predicted molar refractivity (Wildman–Crippen MR) is 131 cm³/mol. The summed E-state index contributed by atoms with van der Waals surface area (Å²) < 4.78 is 6.33. The van der Waals surface area contributed by atoms with E-state index >= 15 is 0 Å². The van der Waals surface area contributed by atoms with Crippen molar-refractivity contribution < 1.29 is 14.3 Å². The van der Waals surface area contributed by atoms with Crippen LogP contribution in [0.2, 0.25) is 0 Å². The molecule has 0 bridgehead atoms. The number of amides is 2. The molecule has 2 amide bonds. The van der Waals surface area contributed by atoms with E-state index in [1.807, 2.05) is 62.4 Å². The second-order valence-corrected chi connectivity index (χ2v) is 9.39. The van der Waals surface area contributed by atoms with Crippen LogP contribution >= 0.6 is 27.7 Å². The number of carbonyl (C=O) groups excluding carboxylic acids is 2. The summed E-state index contributed by atoms with van der Waals surface area (Å²) in [4.78, 5) is 27.5. The highest BCUT2D eigenvalue weighted by Gasteiger charge is 2.26. The lowest BCUT2D eigenvalue weighted by Crippen LogP contribution is -2.50. The number of rotatable bonds is 11. The number of nitrogens with zero attached hydrogens (tertiary/aromatic N) is 1. The first kappa shape index (κ1) is 25.3. The zero-order valence-electron chi connectivity index (χ0n) is 18.6. The molecular formula is C24H31BrN2O3S. The number of thioether (sulfide) groups is 1. The fraction of sp³-hybridized carbons (Fsp3) is 0.417. The van der Waals surface area contributed by atoms with E-state index in [0.29, 0.717) is 12.3 Å². The van der Waals surface area contributed by atoms with Crippen LogP contribution in [0.3, 0.4) is 0 Å². The van der Waals surface area contributed by atoms with E-state index in [2.05, 4.69) is 21.2 Å². The van der Waals surface area contributed by atoms with E-state index in [0.717, 1.165) is 33.5 Å². The van der Waals surface area contributed by atoms with Gasteiger partial charge >= 0.3 is 0 Å². The molecule has 0 unspecified atom stereocenters. The van der Waals surface area contributed by atoms with Gasteiger partial charge in [0.05, 0.1) is 12.9 Å². The van der Waals surface area contributed by atoms with Gasteiger partial charge in [0.2, 0.25) is 11.8 Å². The maximum atomic E-state index is 13.1. The maximum absolute atomic E-state index is 13.1. The van der Waals surface area contributed by atoms with Crippen molar-refractivity contribution in [3.63, 3.8) is 0 Å². The van der Waals surface area contributed by atoms with E-state index in [4.69, 9.17) is 4.74 Å². The van der Waals surface area contributed by atoms with Crippen LogP contribution in [0, 0.1) is 0 Å². The average Bonchev–Trinajstić information content (AvgIpc) is 2.78. The van der Waals surface area contributed by atoms with Crippen molar-refractivity contribution in [1.29, 1.82) is 0 Å². The lowest BCUT2D eigenvalue weighted by atomic mass is 10.1. The van der Waals surface area contributed by atoms with Gasteiger partial charge in [-0.25, -0.2) is 0 Å². The summed E-state index contributed by atoms with van der Waals surface area (Å²) in [6.45, 7) is 6.12. The Hall–Kier alpha value is -1.99. The van der Waals surface area contributed by atoms with Crippen molar-refractivity contribution in [2.45, 2.75) is 51.6 Å². The molecule has 1 N–H and O–H groups in total. The summed E-state index contributed by atoms with van der Waals surface area (Å²) >= 11 is 4.99. The fourth-order valence-corrected chi connectivity index (χ4v) is 4.07. The van der Waals surface area contributed by atoms with Crippen molar-refractivity contribution in [2.75, 3.05) is 12.9 Å². The molecule has 2 atom stereocenters. The lowest BCUT2D eigenvalue weighted by Gasteiger charge is -2.29. The van der Waals surface area contributed by atoms with Gasteiger partial charge < -0.3 is 15.0 Å². The summed E-state index contributed by atoms with van der Waals surface area (Å²) in [6, 6.07) is 15.2. The largest absolute Gasteiger partial charge is 0.497 e. The minimum absolute atomic E-state index is 0.0586. The molecule has 5 nitrogen and oxygen atoms in total. The van der Waals surface area contributed by atoms with Crippen molar-refractivity contribution in [1.82, 2.24) is 10.2 Å². The van der Waals surface area contributed by atoms with E-state index in [9.17, 15) is 9.59 Å². The number of methoxy groups -OCH3 is 1. The quantitative estimate of drug-likeness (QED) is 0.464. The summed E-state index contributed by atoms with van der Waals surface area (Å²) in [6.07, 6.45) is 0.839. The summed E-state index contributed by atoms with van der Waals surface area (Å²) in [5, 5.41) is 2.99. The number of nitrogens with one attached hydrogen (secondary N) is 1. The standard InChI is InChI=1S/C24H31BrN2O3S/c1-5-17(2)26-24(29)18(3)27(14-20-7-6-8-22(13-20)30-4)23(28)16-31-15-19-9-11-21(25)12-10-19/h6-13,17-18H,5,14-16H2,1-4H3,(H,26,29)/t17-,18-/m0/s1. The smallest absolute Gasteiger partial charge is 0.242 e. The van der Waals surface area contributed by atoms with Crippen molar-refractivity contribution >= 4 is 39.5 Å². The molecule has 0 radical (unpaired) electrons. The van der Waals surface area contributed by atoms with E-state index < -0.39 is 6.04 Å². The molecule has 31 heavy (non-hydrogen) atoms. The van der Waals surface area contributed by atoms with Crippen molar-refractivity contribution in [3.05, 3.63) is 64.1 Å². The third-order valence-corrected chi connectivity index (χ3v) is 6.58. The van der Waals surface area contributed by atoms with Crippen LogP contribution in [-0.4, -0.2) is 41.7 Å². The van der Waals surface area contributed by atoms with Crippen molar-refractivity contribution in [2.24, 2.45) is 0 Å². The number of hydrogen-bond donors (Lipinski definition) is 1. The van der Waals surface area contributed by atoms with E-state index in [1.165, 1.54) is 0 Å². The molecule has 0 heterocycles. The Morgan fingerprint density at radius 3 is 2.48 bits per heavy atom. The topological polar surface area (TPSA) is 58.6 Å². The van der Waals surface area contributed by atoms with Gasteiger partial charge in [0, 0.05) is 22.8 Å². The van der Waals surface area contributed by atoms with Gasteiger partial charge in [-0.15, -0.1) is 11.8 Å². The second kappa shape index (κ2) is 12.8. The van der Waals surface area contributed by atoms with Crippen LogP contribution in [0.4, 0.5) is 0 Å². The number of carbonyl (C=O) groups is 2. The van der Waals surface area contributed by atoms with Crippen LogP contribution in [0.15, 0.2) is 53.0 Å². The van der Waals surface area contributed by atoms with Crippen molar-refractivity contribution in [3.8, 4) is 5.75 Å². The minimum atomic E-state index is -0.569. The van der Waals surface area contributed by atoms with Gasteiger partial charge in [-0.1, -0.05) is 47.1 Å². The van der Waals surface area contributed by atoms with Gasteiger partial charge in [0.25, 0.3) is 0 Å². The maximum Gasteiger partial charge on any atom is 0.242 e. The molecular weight excluding hydrogens is 476 g/mol. The molecule has 0 aliphatic carbocycles. The Morgan fingerprint density at radius 2 is 1.84 bits per heavy atom. The first-order valence-corrected chi connectivity index (χ1v) is 12.3. The van der Waals surface area contributed by atoms with Gasteiger partial charge in [-0.2, -0.15) is 0 Å². The third kappa shape index (κ3) is 8.22. The summed E-state index contributed by atoms with van der Waals surface area (Å²) in [7, 11) is 1.61. The molecule has 2 aromatic carbocycles. The van der Waals surface area contributed by atoms with E-state index in [-0.39, 0.29) is 17.9 Å². The monoisotopic (exact) mass is 506 g/mol. The Morgan fingerprint density at radius 1 is 1.13 bits per heavy atom. The molecule has 168 valence electrons. The van der Waals surface area contributed by atoms with E-state index in [1.54, 1.807) is 30.7 Å². The molecule has 0 saturated heterocycles. The fourth-order valence-electron chi connectivity index (χ4n) is 2.94. The minimum Gasteiger partial charge on any atom is -0.497 e. The molecule has 2 rings (SSSR count). The molecule has 2 aromatic rings. The predicted octanol–water partition coefficient (Wildman–Crippen LogP) is 5.02. The van der Waals surface area contributed by atoms with Gasteiger partial charge in [-0.05, 0) is 55.7 Å². The Balaban J connectivity index is 2.09. The van der Waals surface area contributed by atoms with Crippen LogP contribution in [0.1, 0.15) is 38.3 Å². The summed E-state index contributed by atoms with van der Waals surface area (Å²) in [5.41, 5.74) is 2.08. The number of ether oxygens (including phenoxy) is 1. The molecule has 0 aromatic heterocycles. The van der Waals surface area contributed by atoms with Gasteiger partial charge in [-0.3, -0.25) is 9.59 Å². The highest BCUT2D eigenvalue weighted by Crippen LogP contribution is 2.19. The average molecular weight is 507 g/mol. The van der Waals surface area contributed by atoms with Crippen LogP contribution in [0.5, 0.6) is 5.75 Å². The molecule has 0 spiro atoms. The van der Waals surface area contributed by atoms with Crippen LogP contribution < -0.4 is 10.1 Å². The number of halogens is 1. The molecule has 0 fully saturated rings. The van der Waals surface area contributed by atoms with Crippen LogP contribution in [-0.2, 0) is 21.9 Å². The number of benzene rings is 2. The SMILES string of the molecule is CC[C@H](C)NC(=O)[C@H](C)N(Cc1cccc(OC)c1)C(=O)CSCc1ccc(Br)cc1. The van der Waals surface area contributed by atoms with Crippen LogP contribution in [0.25, 0.3) is 0 Å². The zero-order chi connectivity index (χ0) is 22.8. The first-order valence-electron chi connectivity index (χ1n) is 10.4. The lowest BCUT2D eigenvalue weighted by molar-refractivity contribution is -0.138. The molecule has 0 saturated carbocycles. The first-order chi connectivity index (χ1) is 14.8. The highest BCUT2D eigenvalue weighted by atomic mass is 79.9. The molecule has 0 aliphatic rings.